The van der Waals surface area contributed by atoms with Gasteiger partial charge in [0.15, 0.2) is 5.69 Å². The van der Waals surface area contributed by atoms with Crippen LogP contribution in [-0.4, -0.2) is 18.2 Å². The van der Waals surface area contributed by atoms with Crippen LogP contribution in [0, 0.1) is 6.92 Å². The quantitative estimate of drug-likeness (QED) is 0.639. The first-order chi connectivity index (χ1) is 13.6. The summed E-state index contributed by atoms with van der Waals surface area (Å²) in [6, 6.07) is 13.6. The molecule has 0 radical (unpaired) electrons. The number of aromatic nitrogens is 2. The standard InChI is InChI=1S/C20H18F3N3O2S/c1-13-2-10-17(11-3-13)29(27,28)25-15-6-8-16(9-7-15)26-18(14-4-5-14)12-19(24-26)20(21,22)23/h2-3,6-12,14,25H,4-5H2,1H3. The van der Waals surface area contributed by atoms with Crippen LogP contribution >= 0.6 is 0 Å². The van der Waals surface area contributed by atoms with E-state index in [0.717, 1.165) is 24.5 Å². The second-order valence-corrected chi connectivity index (χ2v) is 8.79. The summed E-state index contributed by atoms with van der Waals surface area (Å²) in [7, 11) is -3.76. The van der Waals surface area contributed by atoms with Crippen LogP contribution in [0.15, 0.2) is 59.5 Å². The lowest BCUT2D eigenvalue weighted by Gasteiger charge is -2.10. The molecule has 0 bridgehead atoms. The highest BCUT2D eigenvalue weighted by molar-refractivity contribution is 7.92. The highest BCUT2D eigenvalue weighted by Crippen LogP contribution is 2.43. The number of sulfonamides is 1. The van der Waals surface area contributed by atoms with Crippen molar-refractivity contribution in [3.05, 3.63) is 71.5 Å². The SMILES string of the molecule is Cc1ccc(S(=O)(=O)Nc2ccc(-n3nc(C(F)(F)F)cc3C3CC3)cc2)cc1. The summed E-state index contributed by atoms with van der Waals surface area (Å²) in [5, 5.41) is 3.73. The predicted octanol–water partition coefficient (Wildman–Crippen LogP) is 4.88. The molecule has 29 heavy (non-hydrogen) atoms. The molecule has 152 valence electrons. The molecule has 0 spiro atoms. The summed E-state index contributed by atoms with van der Waals surface area (Å²) in [4.78, 5) is 0.130. The molecule has 0 atom stereocenters. The highest BCUT2D eigenvalue weighted by Gasteiger charge is 2.38. The summed E-state index contributed by atoms with van der Waals surface area (Å²) >= 11 is 0. The van der Waals surface area contributed by atoms with Crippen molar-refractivity contribution in [2.24, 2.45) is 0 Å². The number of alkyl halides is 3. The van der Waals surface area contributed by atoms with Crippen LogP contribution in [0.2, 0.25) is 0 Å². The van der Waals surface area contributed by atoms with Crippen molar-refractivity contribution in [2.75, 3.05) is 4.72 Å². The normalized spacial score (nSPS) is 14.8. The molecule has 1 saturated carbocycles. The second-order valence-electron chi connectivity index (χ2n) is 7.10. The zero-order valence-corrected chi connectivity index (χ0v) is 16.3. The van der Waals surface area contributed by atoms with E-state index in [0.29, 0.717) is 17.1 Å². The van der Waals surface area contributed by atoms with Gasteiger partial charge in [-0.2, -0.15) is 18.3 Å². The van der Waals surface area contributed by atoms with Gasteiger partial charge in [-0.25, -0.2) is 13.1 Å². The van der Waals surface area contributed by atoms with Crippen LogP contribution in [0.3, 0.4) is 0 Å². The molecular weight excluding hydrogens is 403 g/mol. The molecule has 1 heterocycles. The Labute approximate surface area is 166 Å². The molecule has 2 aromatic carbocycles. The van der Waals surface area contributed by atoms with E-state index in [-0.39, 0.29) is 10.8 Å². The maximum Gasteiger partial charge on any atom is 0.435 e. The fraction of sp³-hybridized carbons (Fsp3) is 0.250. The van der Waals surface area contributed by atoms with Crippen molar-refractivity contribution in [3.63, 3.8) is 0 Å². The van der Waals surface area contributed by atoms with E-state index in [9.17, 15) is 21.6 Å². The van der Waals surface area contributed by atoms with Crippen LogP contribution in [-0.2, 0) is 16.2 Å². The van der Waals surface area contributed by atoms with Crippen LogP contribution < -0.4 is 4.72 Å². The fourth-order valence-electron chi connectivity index (χ4n) is 3.01. The number of halogens is 3. The number of aryl methyl sites for hydroxylation is 1. The minimum absolute atomic E-state index is 0.0679. The monoisotopic (exact) mass is 421 g/mol. The first-order valence-electron chi connectivity index (χ1n) is 9.00. The average molecular weight is 421 g/mol. The van der Waals surface area contributed by atoms with E-state index in [4.69, 9.17) is 0 Å². The number of anilines is 1. The Morgan fingerprint density at radius 3 is 2.21 bits per heavy atom. The molecule has 0 saturated heterocycles. The van der Waals surface area contributed by atoms with E-state index in [1.807, 2.05) is 6.92 Å². The van der Waals surface area contributed by atoms with Crippen molar-refractivity contribution < 1.29 is 21.6 Å². The van der Waals surface area contributed by atoms with E-state index < -0.39 is 21.9 Å². The first-order valence-corrected chi connectivity index (χ1v) is 10.5. The average Bonchev–Trinajstić information content (AvgIpc) is 3.39. The first kappa shape index (κ1) is 19.5. The van der Waals surface area contributed by atoms with Crippen LogP contribution in [0.5, 0.6) is 0 Å². The van der Waals surface area contributed by atoms with Crippen molar-refractivity contribution in [1.29, 1.82) is 0 Å². The molecule has 5 nitrogen and oxygen atoms in total. The zero-order chi connectivity index (χ0) is 20.8. The third-order valence-corrected chi connectivity index (χ3v) is 6.12. The smallest absolute Gasteiger partial charge is 0.280 e. The van der Waals surface area contributed by atoms with Crippen molar-refractivity contribution >= 4 is 15.7 Å². The Kier molecular flexibility index (Phi) is 4.65. The van der Waals surface area contributed by atoms with Gasteiger partial charge in [-0.1, -0.05) is 17.7 Å². The molecule has 1 aliphatic carbocycles. The van der Waals surface area contributed by atoms with Gasteiger partial charge in [-0.05, 0) is 62.2 Å². The Balaban J connectivity index is 1.60. The molecule has 1 N–H and O–H groups in total. The number of benzene rings is 2. The number of nitrogens with zero attached hydrogens (tertiary/aromatic N) is 2. The number of hydrogen-bond acceptors (Lipinski definition) is 3. The number of nitrogens with one attached hydrogen (secondary N) is 1. The van der Waals surface area contributed by atoms with Crippen LogP contribution in [0.1, 0.15) is 35.7 Å². The molecule has 1 aromatic heterocycles. The highest BCUT2D eigenvalue weighted by atomic mass is 32.2. The molecule has 9 heteroatoms. The van der Waals surface area contributed by atoms with Gasteiger partial charge in [0.05, 0.1) is 10.6 Å². The lowest BCUT2D eigenvalue weighted by molar-refractivity contribution is -0.141. The molecule has 1 aliphatic rings. The van der Waals surface area contributed by atoms with E-state index in [1.165, 1.54) is 28.9 Å². The van der Waals surface area contributed by atoms with Gasteiger partial charge in [0.1, 0.15) is 0 Å². The van der Waals surface area contributed by atoms with E-state index in [2.05, 4.69) is 9.82 Å². The third kappa shape index (κ3) is 4.14. The summed E-state index contributed by atoms with van der Waals surface area (Å²) in [6.45, 7) is 1.86. The lowest BCUT2D eigenvalue weighted by Crippen LogP contribution is -2.13. The Morgan fingerprint density at radius 1 is 1.03 bits per heavy atom. The zero-order valence-electron chi connectivity index (χ0n) is 15.4. The molecule has 1 fully saturated rings. The Bertz CT molecular complexity index is 1130. The van der Waals surface area contributed by atoms with Gasteiger partial charge in [-0.15, -0.1) is 0 Å². The fourth-order valence-corrected chi connectivity index (χ4v) is 4.07. The third-order valence-electron chi connectivity index (χ3n) is 4.72. The van der Waals surface area contributed by atoms with Crippen molar-refractivity contribution in [1.82, 2.24) is 9.78 Å². The summed E-state index contributed by atoms with van der Waals surface area (Å²) in [5.41, 5.74) is 1.29. The second kappa shape index (κ2) is 6.91. The number of rotatable bonds is 5. The van der Waals surface area contributed by atoms with Gasteiger partial charge in [0.25, 0.3) is 10.0 Å². The van der Waals surface area contributed by atoms with E-state index in [1.54, 1.807) is 24.3 Å². The maximum absolute atomic E-state index is 13.1. The minimum atomic E-state index is -4.52. The van der Waals surface area contributed by atoms with Gasteiger partial charge in [-0.3, -0.25) is 4.72 Å². The van der Waals surface area contributed by atoms with Crippen LogP contribution in [0.4, 0.5) is 18.9 Å². The molecule has 0 unspecified atom stereocenters. The molecule has 3 aromatic rings. The Morgan fingerprint density at radius 2 is 1.66 bits per heavy atom. The van der Waals surface area contributed by atoms with Gasteiger partial charge in [0, 0.05) is 17.3 Å². The lowest BCUT2D eigenvalue weighted by atomic mass is 10.2. The van der Waals surface area contributed by atoms with Gasteiger partial charge < -0.3 is 0 Å². The van der Waals surface area contributed by atoms with Crippen molar-refractivity contribution in [2.45, 2.75) is 36.8 Å². The van der Waals surface area contributed by atoms with Gasteiger partial charge >= 0.3 is 6.18 Å². The summed E-state index contributed by atoms with van der Waals surface area (Å²) in [6.07, 6.45) is -2.85. The van der Waals surface area contributed by atoms with Crippen LogP contribution in [0.25, 0.3) is 5.69 Å². The summed E-state index contributed by atoms with van der Waals surface area (Å²) < 4.78 is 67.9. The van der Waals surface area contributed by atoms with E-state index >= 15 is 0 Å². The molecule has 0 amide bonds. The topological polar surface area (TPSA) is 64.0 Å². The molecular formula is C20H18F3N3O2S. The maximum atomic E-state index is 13.1. The Hall–Kier alpha value is -2.81. The number of hydrogen-bond donors (Lipinski definition) is 1. The van der Waals surface area contributed by atoms with Crippen molar-refractivity contribution in [3.8, 4) is 5.69 Å². The minimum Gasteiger partial charge on any atom is -0.280 e. The molecule has 4 rings (SSSR count). The predicted molar refractivity (Wildman–Crippen MR) is 103 cm³/mol. The largest absolute Gasteiger partial charge is 0.435 e. The summed E-state index contributed by atoms with van der Waals surface area (Å²) in [5.74, 6) is 0.0679. The molecule has 0 aliphatic heterocycles. The van der Waals surface area contributed by atoms with Gasteiger partial charge in [0.2, 0.25) is 0 Å².